The van der Waals surface area contributed by atoms with Gasteiger partial charge < -0.3 is 15.2 Å². The van der Waals surface area contributed by atoms with Crippen LogP contribution in [0, 0.1) is 5.41 Å². The minimum absolute atomic E-state index is 0.0762. The Kier molecular flexibility index (Phi) is 3.00. The second kappa shape index (κ2) is 3.56. The average Bonchev–Trinajstić information content (AvgIpc) is 2.27. The molecule has 0 aliphatic carbocycles. The normalized spacial score (nSPS) is 35.3. The van der Waals surface area contributed by atoms with Crippen molar-refractivity contribution in [3.05, 3.63) is 0 Å². The van der Waals surface area contributed by atoms with Gasteiger partial charge in [-0.25, -0.2) is 0 Å². The van der Waals surface area contributed by atoms with Gasteiger partial charge in [-0.2, -0.15) is 0 Å². The molecule has 0 amide bonds. The fourth-order valence-corrected chi connectivity index (χ4v) is 1.86. The smallest absolute Gasteiger partial charge is 0.166 e. The van der Waals surface area contributed by atoms with E-state index in [1.54, 1.807) is 0 Å². The molecule has 13 heavy (non-hydrogen) atoms. The molecule has 1 saturated heterocycles. The van der Waals surface area contributed by atoms with Crippen molar-refractivity contribution in [2.24, 2.45) is 11.1 Å². The zero-order valence-electron chi connectivity index (χ0n) is 9.09. The molecule has 3 nitrogen and oxygen atoms in total. The summed E-state index contributed by atoms with van der Waals surface area (Å²) in [6.07, 6.45) is 0.976. The van der Waals surface area contributed by atoms with Gasteiger partial charge in [0, 0.05) is 13.0 Å². The molecule has 1 fully saturated rings. The Hall–Kier alpha value is -0.120. The minimum Gasteiger partial charge on any atom is -0.347 e. The fraction of sp³-hybridized carbons (Fsp3) is 1.00. The molecule has 2 N–H and O–H groups in total. The van der Waals surface area contributed by atoms with E-state index in [1.165, 1.54) is 0 Å². The molecule has 1 rings (SSSR count). The van der Waals surface area contributed by atoms with E-state index < -0.39 is 5.79 Å². The molecule has 2 unspecified atom stereocenters. The number of rotatable bonds is 2. The molecule has 3 heteroatoms. The number of hydrogen-bond acceptors (Lipinski definition) is 3. The average molecular weight is 187 g/mol. The van der Waals surface area contributed by atoms with E-state index in [1.807, 2.05) is 6.92 Å². The highest BCUT2D eigenvalue weighted by Gasteiger charge is 2.39. The van der Waals surface area contributed by atoms with Crippen LogP contribution in [0.2, 0.25) is 0 Å². The van der Waals surface area contributed by atoms with Crippen LogP contribution in [-0.4, -0.2) is 25.0 Å². The summed E-state index contributed by atoms with van der Waals surface area (Å²) >= 11 is 0. The topological polar surface area (TPSA) is 44.5 Å². The van der Waals surface area contributed by atoms with Crippen LogP contribution in [0.25, 0.3) is 0 Å². The van der Waals surface area contributed by atoms with Gasteiger partial charge in [0.15, 0.2) is 5.79 Å². The first-order valence-electron chi connectivity index (χ1n) is 4.86. The second-order valence-electron chi connectivity index (χ2n) is 5.16. The second-order valence-corrected chi connectivity index (χ2v) is 5.16. The van der Waals surface area contributed by atoms with E-state index in [0.717, 1.165) is 6.42 Å². The summed E-state index contributed by atoms with van der Waals surface area (Å²) < 4.78 is 11.3. The molecular weight excluding hydrogens is 166 g/mol. The lowest BCUT2D eigenvalue weighted by Gasteiger charge is -2.30. The molecule has 0 aromatic carbocycles. The van der Waals surface area contributed by atoms with Crippen LogP contribution < -0.4 is 5.73 Å². The van der Waals surface area contributed by atoms with Gasteiger partial charge in [-0.15, -0.1) is 0 Å². The molecule has 0 radical (unpaired) electrons. The Balaban J connectivity index is 2.50. The van der Waals surface area contributed by atoms with Crippen LogP contribution in [0.3, 0.4) is 0 Å². The van der Waals surface area contributed by atoms with Crippen molar-refractivity contribution < 1.29 is 9.47 Å². The van der Waals surface area contributed by atoms with E-state index in [9.17, 15) is 0 Å². The summed E-state index contributed by atoms with van der Waals surface area (Å²) in [4.78, 5) is 0. The maximum atomic E-state index is 5.73. The SMILES string of the molecule is CC(C)(C)CC1(C)OCC(CN)O1. The Bertz CT molecular complexity index is 176. The van der Waals surface area contributed by atoms with Gasteiger partial charge in [0.05, 0.1) is 12.7 Å². The molecule has 1 aliphatic rings. The molecule has 0 spiro atoms. The molecule has 0 saturated carbocycles. The highest BCUT2D eigenvalue weighted by molar-refractivity contribution is 4.80. The highest BCUT2D eigenvalue weighted by Crippen LogP contribution is 2.34. The number of ether oxygens (including phenoxy) is 2. The van der Waals surface area contributed by atoms with Crippen LogP contribution >= 0.6 is 0 Å². The Morgan fingerprint density at radius 2 is 2.08 bits per heavy atom. The van der Waals surface area contributed by atoms with Crippen LogP contribution in [-0.2, 0) is 9.47 Å². The van der Waals surface area contributed by atoms with Crippen molar-refractivity contribution in [1.82, 2.24) is 0 Å². The molecule has 0 bridgehead atoms. The van der Waals surface area contributed by atoms with E-state index in [-0.39, 0.29) is 11.5 Å². The molecule has 0 aromatic rings. The van der Waals surface area contributed by atoms with Crippen LogP contribution in [0.1, 0.15) is 34.1 Å². The van der Waals surface area contributed by atoms with Gasteiger partial charge >= 0.3 is 0 Å². The van der Waals surface area contributed by atoms with Gasteiger partial charge in [-0.1, -0.05) is 20.8 Å². The van der Waals surface area contributed by atoms with Gasteiger partial charge in [-0.05, 0) is 12.3 Å². The number of hydrogen-bond donors (Lipinski definition) is 1. The zero-order chi connectivity index (χ0) is 10.1. The summed E-state index contributed by atoms with van der Waals surface area (Å²) in [6.45, 7) is 9.71. The van der Waals surface area contributed by atoms with Gasteiger partial charge in [0.2, 0.25) is 0 Å². The molecule has 78 valence electrons. The van der Waals surface area contributed by atoms with Crippen molar-refractivity contribution in [3.63, 3.8) is 0 Å². The molecule has 1 aliphatic heterocycles. The first-order valence-corrected chi connectivity index (χ1v) is 4.86. The van der Waals surface area contributed by atoms with Crippen molar-refractivity contribution in [1.29, 1.82) is 0 Å². The highest BCUT2D eigenvalue weighted by atomic mass is 16.7. The zero-order valence-corrected chi connectivity index (χ0v) is 9.09. The predicted molar refractivity (Wildman–Crippen MR) is 52.4 cm³/mol. The standard InChI is InChI=1S/C10H21NO2/c1-9(2,3)7-10(4)12-6-8(5-11)13-10/h8H,5-7,11H2,1-4H3. The number of nitrogens with two attached hydrogens (primary N) is 1. The predicted octanol–water partition coefficient (Wildman–Crippen LogP) is 1.51. The maximum Gasteiger partial charge on any atom is 0.166 e. The van der Waals surface area contributed by atoms with Gasteiger partial charge in [0.1, 0.15) is 0 Å². The Morgan fingerprint density at radius 3 is 2.46 bits per heavy atom. The van der Waals surface area contributed by atoms with E-state index in [0.29, 0.717) is 13.2 Å². The van der Waals surface area contributed by atoms with Crippen LogP contribution in [0.15, 0.2) is 0 Å². The molecule has 2 atom stereocenters. The van der Waals surface area contributed by atoms with Crippen LogP contribution in [0.4, 0.5) is 0 Å². The van der Waals surface area contributed by atoms with E-state index in [4.69, 9.17) is 15.2 Å². The maximum absolute atomic E-state index is 5.73. The molecule has 0 aromatic heterocycles. The Labute approximate surface area is 80.6 Å². The summed E-state index contributed by atoms with van der Waals surface area (Å²) in [5.41, 5.74) is 5.73. The van der Waals surface area contributed by atoms with Gasteiger partial charge in [0.25, 0.3) is 0 Å². The first-order chi connectivity index (χ1) is 5.85. The fourth-order valence-electron chi connectivity index (χ4n) is 1.86. The Morgan fingerprint density at radius 1 is 1.46 bits per heavy atom. The van der Waals surface area contributed by atoms with E-state index >= 15 is 0 Å². The summed E-state index contributed by atoms with van der Waals surface area (Å²) in [5.74, 6) is -0.428. The summed E-state index contributed by atoms with van der Waals surface area (Å²) in [5, 5.41) is 0. The third-order valence-corrected chi connectivity index (χ3v) is 2.10. The molecular formula is C10H21NO2. The summed E-state index contributed by atoms with van der Waals surface area (Å²) in [7, 11) is 0. The molecule has 1 heterocycles. The summed E-state index contributed by atoms with van der Waals surface area (Å²) in [6, 6.07) is 0. The minimum atomic E-state index is -0.428. The quantitative estimate of drug-likeness (QED) is 0.712. The lowest BCUT2D eigenvalue weighted by atomic mass is 9.88. The van der Waals surface area contributed by atoms with E-state index in [2.05, 4.69) is 20.8 Å². The van der Waals surface area contributed by atoms with Crippen LogP contribution in [0.5, 0.6) is 0 Å². The third kappa shape index (κ3) is 3.25. The monoisotopic (exact) mass is 187 g/mol. The van der Waals surface area contributed by atoms with Gasteiger partial charge in [-0.3, -0.25) is 0 Å². The first kappa shape index (κ1) is 11.0. The van der Waals surface area contributed by atoms with Crippen molar-refractivity contribution in [2.75, 3.05) is 13.2 Å². The van der Waals surface area contributed by atoms with Crippen molar-refractivity contribution in [2.45, 2.75) is 46.0 Å². The third-order valence-electron chi connectivity index (χ3n) is 2.10. The lowest BCUT2D eigenvalue weighted by molar-refractivity contribution is -0.171. The lowest BCUT2D eigenvalue weighted by Crippen LogP contribution is -2.33. The van der Waals surface area contributed by atoms with Crippen molar-refractivity contribution in [3.8, 4) is 0 Å². The largest absolute Gasteiger partial charge is 0.347 e. The van der Waals surface area contributed by atoms with Crippen molar-refractivity contribution >= 4 is 0 Å².